The highest BCUT2D eigenvalue weighted by molar-refractivity contribution is 6.32. The molecule has 0 saturated carbocycles. The van der Waals surface area contributed by atoms with E-state index in [1.165, 1.54) is 11.8 Å². The molecule has 0 radical (unpaired) electrons. The van der Waals surface area contributed by atoms with Crippen molar-refractivity contribution in [2.75, 3.05) is 0 Å². The van der Waals surface area contributed by atoms with Crippen LogP contribution in [0.5, 0.6) is 0 Å². The molecule has 0 spiro atoms. The number of rotatable bonds is 4. The first-order valence-corrected chi connectivity index (χ1v) is 6.45. The lowest BCUT2D eigenvalue weighted by molar-refractivity contribution is 0.0912. The zero-order valence-corrected chi connectivity index (χ0v) is 11.7. The first-order valence-electron chi connectivity index (χ1n) is 6.07. The predicted molar refractivity (Wildman–Crippen MR) is 75.4 cm³/mol. The second-order valence-electron chi connectivity index (χ2n) is 5.11. The van der Waals surface area contributed by atoms with Crippen LogP contribution in [0.4, 0.5) is 0 Å². The molecule has 0 aliphatic heterocycles. The number of furan rings is 1. The summed E-state index contributed by atoms with van der Waals surface area (Å²) < 4.78 is 4.92. The number of carbonyl (C=O) groups excluding carboxylic acids is 1. The highest BCUT2D eigenvalue weighted by Gasteiger charge is 2.23. The Labute approximate surface area is 117 Å². The van der Waals surface area contributed by atoms with Gasteiger partial charge < -0.3 is 9.73 Å². The van der Waals surface area contributed by atoms with E-state index in [2.05, 4.69) is 5.32 Å². The number of benzene rings is 1. The van der Waals surface area contributed by atoms with Gasteiger partial charge in [-0.25, -0.2) is 0 Å². The molecule has 0 unspecified atom stereocenters. The summed E-state index contributed by atoms with van der Waals surface area (Å²) in [5, 5.41) is 3.08. The summed E-state index contributed by atoms with van der Waals surface area (Å²) in [7, 11) is 0. The molecular formula is C15H16ClNO2. The van der Waals surface area contributed by atoms with E-state index < -0.39 is 0 Å². The van der Waals surface area contributed by atoms with Crippen LogP contribution < -0.4 is 5.32 Å². The van der Waals surface area contributed by atoms with E-state index in [4.69, 9.17) is 16.0 Å². The fraction of sp³-hybridized carbons (Fsp3) is 0.267. The molecule has 2 aromatic rings. The lowest BCUT2D eigenvalue weighted by Crippen LogP contribution is -2.45. The molecule has 0 aliphatic carbocycles. The van der Waals surface area contributed by atoms with E-state index >= 15 is 0 Å². The normalized spacial score (nSPS) is 11.3. The molecule has 0 fully saturated rings. The van der Waals surface area contributed by atoms with E-state index in [0.29, 0.717) is 5.56 Å². The minimum atomic E-state index is -0.362. The summed E-state index contributed by atoms with van der Waals surface area (Å²) >= 11 is 5.80. The zero-order valence-electron chi connectivity index (χ0n) is 10.9. The molecule has 1 N–H and O–H groups in total. The van der Waals surface area contributed by atoms with Crippen molar-refractivity contribution in [1.82, 2.24) is 5.32 Å². The third kappa shape index (κ3) is 3.61. The SMILES string of the molecule is CC(C)(Cc1ccccc1)NC(=O)c1ccoc1Cl. The summed E-state index contributed by atoms with van der Waals surface area (Å²) in [5.74, 6) is -0.223. The maximum Gasteiger partial charge on any atom is 0.256 e. The average Bonchev–Trinajstić information content (AvgIpc) is 2.75. The third-order valence-corrected chi connectivity index (χ3v) is 3.10. The smallest absolute Gasteiger partial charge is 0.256 e. The van der Waals surface area contributed by atoms with Crippen molar-refractivity contribution < 1.29 is 9.21 Å². The second-order valence-corrected chi connectivity index (χ2v) is 5.45. The lowest BCUT2D eigenvalue weighted by atomic mass is 9.94. The predicted octanol–water partition coefficient (Wildman–Crippen LogP) is 3.68. The van der Waals surface area contributed by atoms with Crippen LogP contribution in [0.3, 0.4) is 0 Å². The van der Waals surface area contributed by atoms with Gasteiger partial charge in [-0.1, -0.05) is 30.3 Å². The molecule has 1 aromatic heterocycles. The third-order valence-electron chi connectivity index (χ3n) is 2.80. The van der Waals surface area contributed by atoms with E-state index in [1.54, 1.807) is 6.07 Å². The Kier molecular flexibility index (Phi) is 3.96. The van der Waals surface area contributed by atoms with Gasteiger partial charge in [-0.2, -0.15) is 0 Å². The standard InChI is InChI=1S/C15H16ClNO2/c1-15(2,10-11-6-4-3-5-7-11)17-14(18)12-8-9-19-13(12)16/h3-9H,10H2,1-2H3,(H,17,18). The van der Waals surface area contributed by atoms with Crippen molar-refractivity contribution in [1.29, 1.82) is 0 Å². The van der Waals surface area contributed by atoms with Crippen LogP contribution in [0, 0.1) is 0 Å². The highest BCUT2D eigenvalue weighted by Crippen LogP contribution is 2.19. The van der Waals surface area contributed by atoms with Gasteiger partial charge in [0.1, 0.15) is 0 Å². The first-order chi connectivity index (χ1) is 8.98. The van der Waals surface area contributed by atoms with Gasteiger partial charge in [0.2, 0.25) is 5.22 Å². The van der Waals surface area contributed by atoms with Crippen molar-refractivity contribution >= 4 is 17.5 Å². The van der Waals surface area contributed by atoms with Gasteiger partial charge in [-0.05, 0) is 43.5 Å². The van der Waals surface area contributed by atoms with E-state index in [-0.39, 0.29) is 16.7 Å². The number of halogens is 1. The molecular weight excluding hydrogens is 262 g/mol. The largest absolute Gasteiger partial charge is 0.452 e. The number of carbonyl (C=O) groups is 1. The van der Waals surface area contributed by atoms with Gasteiger partial charge in [0.05, 0.1) is 11.8 Å². The molecule has 0 bridgehead atoms. The fourth-order valence-corrected chi connectivity index (χ4v) is 2.18. The van der Waals surface area contributed by atoms with Crippen LogP contribution in [0.15, 0.2) is 47.1 Å². The molecule has 0 saturated heterocycles. The Morgan fingerprint density at radius 1 is 1.26 bits per heavy atom. The van der Waals surface area contributed by atoms with E-state index in [1.807, 2.05) is 44.2 Å². The molecule has 2 rings (SSSR count). The Balaban J connectivity index is 2.05. The van der Waals surface area contributed by atoms with Crippen molar-refractivity contribution in [3.8, 4) is 0 Å². The molecule has 1 heterocycles. The monoisotopic (exact) mass is 277 g/mol. The van der Waals surface area contributed by atoms with Gasteiger partial charge in [0.15, 0.2) is 0 Å². The number of nitrogens with one attached hydrogen (secondary N) is 1. The molecule has 100 valence electrons. The molecule has 1 aromatic carbocycles. The number of hydrogen-bond acceptors (Lipinski definition) is 2. The van der Waals surface area contributed by atoms with Crippen molar-refractivity contribution in [3.63, 3.8) is 0 Å². The lowest BCUT2D eigenvalue weighted by Gasteiger charge is -2.26. The van der Waals surface area contributed by atoms with Crippen LogP contribution in [0.2, 0.25) is 5.22 Å². The minimum absolute atomic E-state index is 0.119. The van der Waals surface area contributed by atoms with Gasteiger partial charge in [-0.15, -0.1) is 0 Å². The summed E-state index contributed by atoms with van der Waals surface area (Å²) in [4.78, 5) is 12.1. The van der Waals surface area contributed by atoms with Crippen LogP contribution >= 0.6 is 11.6 Å². The van der Waals surface area contributed by atoms with Crippen molar-refractivity contribution in [2.45, 2.75) is 25.8 Å². The Morgan fingerprint density at radius 2 is 1.95 bits per heavy atom. The summed E-state index contributed by atoms with van der Waals surface area (Å²) in [5.41, 5.74) is 1.17. The van der Waals surface area contributed by atoms with Gasteiger partial charge in [0.25, 0.3) is 5.91 Å². The maximum absolute atomic E-state index is 12.1. The Bertz CT molecular complexity index is 561. The van der Waals surface area contributed by atoms with Crippen LogP contribution in [-0.4, -0.2) is 11.4 Å². The molecule has 1 amide bonds. The van der Waals surface area contributed by atoms with Gasteiger partial charge in [0, 0.05) is 5.54 Å². The van der Waals surface area contributed by atoms with Crippen molar-refractivity contribution in [3.05, 3.63) is 59.0 Å². The Morgan fingerprint density at radius 3 is 2.53 bits per heavy atom. The van der Waals surface area contributed by atoms with Crippen LogP contribution in [0.1, 0.15) is 29.8 Å². The second kappa shape index (κ2) is 5.49. The average molecular weight is 278 g/mol. The van der Waals surface area contributed by atoms with Gasteiger partial charge in [-0.3, -0.25) is 4.79 Å². The molecule has 0 aliphatic rings. The van der Waals surface area contributed by atoms with E-state index in [0.717, 1.165) is 6.42 Å². The van der Waals surface area contributed by atoms with Crippen LogP contribution in [0.25, 0.3) is 0 Å². The number of hydrogen-bond donors (Lipinski definition) is 1. The molecule has 4 heteroatoms. The quantitative estimate of drug-likeness (QED) is 0.926. The van der Waals surface area contributed by atoms with Crippen molar-refractivity contribution in [2.24, 2.45) is 0 Å². The van der Waals surface area contributed by atoms with E-state index in [9.17, 15) is 4.79 Å². The maximum atomic E-state index is 12.1. The minimum Gasteiger partial charge on any atom is -0.452 e. The molecule has 19 heavy (non-hydrogen) atoms. The number of amides is 1. The Hall–Kier alpha value is -1.74. The van der Waals surface area contributed by atoms with Crippen LogP contribution in [-0.2, 0) is 6.42 Å². The van der Waals surface area contributed by atoms with Gasteiger partial charge >= 0.3 is 0 Å². The molecule has 3 nitrogen and oxygen atoms in total. The topological polar surface area (TPSA) is 42.2 Å². The summed E-state index contributed by atoms with van der Waals surface area (Å²) in [6.07, 6.45) is 2.15. The fourth-order valence-electron chi connectivity index (χ4n) is 1.98. The highest BCUT2D eigenvalue weighted by atomic mass is 35.5. The summed E-state index contributed by atoms with van der Waals surface area (Å²) in [6.45, 7) is 3.96. The molecule has 0 atom stereocenters. The zero-order chi connectivity index (χ0) is 13.9. The summed E-state index contributed by atoms with van der Waals surface area (Å²) in [6, 6.07) is 11.6. The first kappa shape index (κ1) is 13.7.